The topological polar surface area (TPSA) is 49.8 Å². The van der Waals surface area contributed by atoms with Crippen molar-refractivity contribution in [3.8, 4) is 0 Å². The van der Waals surface area contributed by atoms with Crippen LogP contribution in [-0.4, -0.2) is 48.3 Å². The number of morpholine rings is 1. The molecule has 0 spiro atoms. The van der Waals surface area contributed by atoms with E-state index in [1.165, 1.54) is 0 Å². The van der Waals surface area contributed by atoms with Crippen LogP contribution in [0.1, 0.15) is 26.7 Å². The van der Waals surface area contributed by atoms with Gasteiger partial charge in [0.25, 0.3) is 0 Å². The van der Waals surface area contributed by atoms with Gasteiger partial charge in [-0.25, -0.2) is 4.79 Å². The van der Waals surface area contributed by atoms with Gasteiger partial charge in [-0.3, -0.25) is 4.90 Å². The molecule has 0 aliphatic carbocycles. The Balaban J connectivity index is 2.44. The number of hydrogen-bond donors (Lipinski definition) is 1. The van der Waals surface area contributed by atoms with E-state index in [1.807, 2.05) is 13.0 Å². The van der Waals surface area contributed by atoms with E-state index in [4.69, 9.17) is 9.84 Å². The molecule has 0 aromatic carbocycles. The third-order valence-corrected chi connectivity index (χ3v) is 2.93. The molecule has 0 bridgehead atoms. The maximum Gasteiger partial charge on any atom is 0.331 e. The molecular formula is C12H21NO3. The third kappa shape index (κ3) is 3.94. The Morgan fingerprint density at radius 1 is 1.56 bits per heavy atom. The minimum Gasteiger partial charge on any atom is -0.478 e. The van der Waals surface area contributed by atoms with Gasteiger partial charge in [-0.05, 0) is 12.8 Å². The molecule has 1 unspecified atom stereocenters. The number of nitrogens with zero attached hydrogens (tertiary/aromatic N) is 1. The second-order valence-electron chi connectivity index (χ2n) is 4.05. The quantitative estimate of drug-likeness (QED) is 0.723. The average molecular weight is 227 g/mol. The van der Waals surface area contributed by atoms with Crippen LogP contribution in [-0.2, 0) is 9.53 Å². The third-order valence-electron chi connectivity index (χ3n) is 2.93. The molecule has 1 heterocycles. The highest BCUT2D eigenvalue weighted by Gasteiger charge is 2.18. The van der Waals surface area contributed by atoms with Crippen molar-refractivity contribution in [2.24, 2.45) is 0 Å². The van der Waals surface area contributed by atoms with E-state index in [-0.39, 0.29) is 0 Å². The zero-order valence-corrected chi connectivity index (χ0v) is 10.1. The van der Waals surface area contributed by atoms with Crippen molar-refractivity contribution in [1.29, 1.82) is 0 Å². The normalized spacial score (nSPS) is 23.4. The van der Waals surface area contributed by atoms with Gasteiger partial charge in [-0.15, -0.1) is 0 Å². The highest BCUT2D eigenvalue weighted by atomic mass is 16.5. The molecule has 1 aliphatic heterocycles. The minimum atomic E-state index is -0.803. The fourth-order valence-electron chi connectivity index (χ4n) is 1.82. The average Bonchev–Trinajstić information content (AvgIpc) is 2.29. The lowest BCUT2D eigenvalue weighted by Gasteiger charge is -2.31. The highest BCUT2D eigenvalue weighted by Crippen LogP contribution is 2.09. The molecule has 0 aromatic heterocycles. The second-order valence-corrected chi connectivity index (χ2v) is 4.05. The van der Waals surface area contributed by atoms with E-state index >= 15 is 0 Å². The molecule has 4 heteroatoms. The van der Waals surface area contributed by atoms with E-state index < -0.39 is 5.97 Å². The van der Waals surface area contributed by atoms with E-state index in [0.717, 1.165) is 32.7 Å². The number of carboxylic acids is 1. The number of carboxylic acid groups (broad SMARTS) is 1. The van der Waals surface area contributed by atoms with Crippen LogP contribution in [0.25, 0.3) is 0 Å². The molecule has 0 radical (unpaired) electrons. The fourth-order valence-corrected chi connectivity index (χ4v) is 1.82. The molecule has 1 saturated heterocycles. The van der Waals surface area contributed by atoms with Crippen molar-refractivity contribution in [1.82, 2.24) is 4.90 Å². The summed E-state index contributed by atoms with van der Waals surface area (Å²) in [7, 11) is 0. The van der Waals surface area contributed by atoms with Crippen molar-refractivity contribution in [3.05, 3.63) is 11.6 Å². The molecule has 4 nitrogen and oxygen atoms in total. The summed E-state index contributed by atoms with van der Waals surface area (Å²) in [6.07, 6.45) is 3.72. The van der Waals surface area contributed by atoms with Crippen LogP contribution >= 0.6 is 0 Å². The summed E-state index contributed by atoms with van der Waals surface area (Å²) >= 11 is 0. The van der Waals surface area contributed by atoms with E-state index in [1.54, 1.807) is 0 Å². The van der Waals surface area contributed by atoms with Crippen molar-refractivity contribution in [2.75, 3.05) is 26.2 Å². The molecule has 1 N–H and O–H groups in total. The number of carbonyl (C=O) groups is 1. The van der Waals surface area contributed by atoms with Gasteiger partial charge in [0, 0.05) is 25.2 Å². The Morgan fingerprint density at radius 2 is 2.31 bits per heavy atom. The van der Waals surface area contributed by atoms with Gasteiger partial charge in [0.05, 0.1) is 12.7 Å². The first-order chi connectivity index (χ1) is 7.67. The number of ether oxygens (including phenoxy) is 1. The van der Waals surface area contributed by atoms with Gasteiger partial charge >= 0.3 is 5.97 Å². The Labute approximate surface area is 96.9 Å². The molecule has 0 amide bonds. The van der Waals surface area contributed by atoms with Gasteiger partial charge in [-0.2, -0.15) is 0 Å². The minimum absolute atomic E-state index is 0.303. The predicted molar refractivity (Wildman–Crippen MR) is 62.5 cm³/mol. The summed E-state index contributed by atoms with van der Waals surface area (Å²) in [6.45, 7) is 7.25. The Bertz CT molecular complexity index is 263. The maximum absolute atomic E-state index is 10.8. The monoisotopic (exact) mass is 227 g/mol. The largest absolute Gasteiger partial charge is 0.478 e. The molecule has 1 fully saturated rings. The van der Waals surface area contributed by atoms with Crippen LogP contribution in [0.15, 0.2) is 11.6 Å². The lowest BCUT2D eigenvalue weighted by molar-refractivity contribution is -0.132. The Kier molecular flexibility index (Phi) is 5.49. The van der Waals surface area contributed by atoms with E-state index in [9.17, 15) is 4.79 Å². The zero-order valence-electron chi connectivity index (χ0n) is 10.1. The first-order valence-electron chi connectivity index (χ1n) is 5.93. The summed E-state index contributed by atoms with van der Waals surface area (Å²) in [6, 6.07) is 0. The highest BCUT2D eigenvalue weighted by molar-refractivity contribution is 5.86. The fraction of sp³-hybridized carbons (Fsp3) is 0.750. The molecule has 16 heavy (non-hydrogen) atoms. The van der Waals surface area contributed by atoms with Crippen LogP contribution in [0.5, 0.6) is 0 Å². The first-order valence-corrected chi connectivity index (χ1v) is 5.93. The van der Waals surface area contributed by atoms with Crippen LogP contribution < -0.4 is 0 Å². The van der Waals surface area contributed by atoms with Crippen LogP contribution in [0.3, 0.4) is 0 Å². The number of hydrogen-bond acceptors (Lipinski definition) is 3. The van der Waals surface area contributed by atoms with Gasteiger partial charge in [0.15, 0.2) is 0 Å². The lowest BCUT2D eigenvalue weighted by atomic mass is 10.1. The van der Waals surface area contributed by atoms with E-state index in [2.05, 4.69) is 11.8 Å². The summed E-state index contributed by atoms with van der Waals surface area (Å²) < 4.78 is 5.56. The molecule has 0 saturated carbocycles. The molecule has 1 aliphatic rings. The summed E-state index contributed by atoms with van der Waals surface area (Å²) in [5.41, 5.74) is 0.500. The number of rotatable bonds is 5. The molecule has 0 aromatic rings. The Hall–Kier alpha value is -0.870. The summed E-state index contributed by atoms with van der Waals surface area (Å²) in [5.74, 6) is -0.803. The predicted octanol–water partition coefficient (Wildman–Crippen LogP) is 1.52. The smallest absolute Gasteiger partial charge is 0.331 e. The van der Waals surface area contributed by atoms with Gasteiger partial charge in [0.1, 0.15) is 0 Å². The standard InChI is InChI=1S/C12H21NO3/c1-3-10(12(14)15)5-6-13-7-8-16-11(4-2)9-13/h5,11H,3-4,6-9H2,1-2H3,(H,14,15). The summed E-state index contributed by atoms with van der Waals surface area (Å²) in [4.78, 5) is 13.1. The van der Waals surface area contributed by atoms with Crippen LogP contribution in [0.2, 0.25) is 0 Å². The van der Waals surface area contributed by atoms with Gasteiger partial charge in [0.2, 0.25) is 0 Å². The molecule has 1 atom stereocenters. The molecule has 1 rings (SSSR count). The molecular weight excluding hydrogens is 206 g/mol. The first kappa shape index (κ1) is 13.2. The SMILES string of the molecule is CCC(=CCN1CCOC(CC)C1)C(=O)O. The molecule has 92 valence electrons. The van der Waals surface area contributed by atoms with E-state index in [0.29, 0.717) is 18.1 Å². The number of aliphatic carboxylic acids is 1. The van der Waals surface area contributed by atoms with Crippen LogP contribution in [0, 0.1) is 0 Å². The zero-order chi connectivity index (χ0) is 12.0. The second kappa shape index (κ2) is 6.66. The van der Waals surface area contributed by atoms with Gasteiger partial charge < -0.3 is 9.84 Å². The lowest BCUT2D eigenvalue weighted by Crippen LogP contribution is -2.42. The van der Waals surface area contributed by atoms with Crippen LogP contribution in [0.4, 0.5) is 0 Å². The van der Waals surface area contributed by atoms with Crippen molar-refractivity contribution in [3.63, 3.8) is 0 Å². The van der Waals surface area contributed by atoms with Gasteiger partial charge in [-0.1, -0.05) is 19.9 Å². The van der Waals surface area contributed by atoms with Crippen molar-refractivity contribution >= 4 is 5.97 Å². The Morgan fingerprint density at radius 3 is 2.88 bits per heavy atom. The maximum atomic E-state index is 10.8. The van der Waals surface area contributed by atoms with Crippen molar-refractivity contribution < 1.29 is 14.6 Å². The van der Waals surface area contributed by atoms with Crippen molar-refractivity contribution in [2.45, 2.75) is 32.8 Å². The summed E-state index contributed by atoms with van der Waals surface area (Å²) in [5, 5.41) is 8.89.